The highest BCUT2D eigenvalue weighted by molar-refractivity contribution is 6.32. The van der Waals surface area contributed by atoms with Crippen LogP contribution >= 0.6 is 11.6 Å². The first-order valence-corrected chi connectivity index (χ1v) is 8.45. The van der Waals surface area contributed by atoms with Crippen molar-refractivity contribution < 1.29 is 14.3 Å². The fraction of sp³-hybridized carbons (Fsp3) is 0.278. The number of nitrogens with one attached hydrogen (secondary N) is 2. The van der Waals surface area contributed by atoms with E-state index in [1.165, 1.54) is 0 Å². The van der Waals surface area contributed by atoms with Crippen LogP contribution in [0.25, 0.3) is 0 Å². The molecule has 8 heteroatoms. The lowest BCUT2D eigenvalue weighted by molar-refractivity contribution is -0.125. The van der Waals surface area contributed by atoms with Gasteiger partial charge in [-0.25, -0.2) is 0 Å². The predicted molar refractivity (Wildman–Crippen MR) is 100 cm³/mol. The second-order valence-electron chi connectivity index (χ2n) is 5.97. The van der Waals surface area contributed by atoms with Crippen LogP contribution in [0.5, 0.6) is 11.5 Å². The quantitative estimate of drug-likeness (QED) is 0.688. The van der Waals surface area contributed by atoms with E-state index in [-0.39, 0.29) is 24.3 Å². The number of ether oxygens (including phenoxy) is 1. The summed E-state index contributed by atoms with van der Waals surface area (Å²) in [6.07, 6.45) is 3.22. The molecule has 0 bridgehead atoms. The van der Waals surface area contributed by atoms with E-state index in [0.29, 0.717) is 22.2 Å². The van der Waals surface area contributed by atoms with Gasteiger partial charge in [0.25, 0.3) is 0 Å². The van der Waals surface area contributed by atoms with E-state index in [1.807, 2.05) is 13.8 Å². The third kappa shape index (κ3) is 5.72. The van der Waals surface area contributed by atoms with Crippen LogP contribution in [-0.4, -0.2) is 29.4 Å². The molecule has 1 aromatic carbocycles. The van der Waals surface area contributed by atoms with Gasteiger partial charge in [-0.1, -0.05) is 25.4 Å². The lowest BCUT2D eigenvalue weighted by Crippen LogP contribution is -2.46. The number of anilines is 1. The number of hydrogen-bond donors (Lipinski definition) is 3. The molecule has 1 aromatic heterocycles. The molecule has 1 heterocycles. The standard InChI is InChI=1S/C18H21ClN4O3/c1-11(2)17(20)18(25)22-10-16(24)23-12-3-4-15(14(19)9-12)26-13-5-7-21-8-6-13/h3-9,11,17H,10,20H2,1-2H3,(H,22,25)(H,23,24)/t17-/m0/s1. The summed E-state index contributed by atoms with van der Waals surface area (Å²) in [5, 5.41) is 5.49. The number of nitrogens with two attached hydrogens (primary N) is 1. The molecule has 0 fully saturated rings. The zero-order valence-corrected chi connectivity index (χ0v) is 15.3. The molecule has 138 valence electrons. The molecule has 7 nitrogen and oxygen atoms in total. The summed E-state index contributed by atoms with van der Waals surface area (Å²) in [6.45, 7) is 3.50. The summed E-state index contributed by atoms with van der Waals surface area (Å²) in [5.74, 6) is 0.294. The Morgan fingerprint density at radius 2 is 1.92 bits per heavy atom. The molecule has 0 saturated carbocycles. The summed E-state index contributed by atoms with van der Waals surface area (Å²) in [7, 11) is 0. The molecule has 0 aliphatic rings. The van der Waals surface area contributed by atoms with E-state index in [9.17, 15) is 9.59 Å². The van der Waals surface area contributed by atoms with Crippen LogP contribution in [0, 0.1) is 5.92 Å². The topological polar surface area (TPSA) is 106 Å². The van der Waals surface area contributed by atoms with Gasteiger partial charge in [0.05, 0.1) is 17.6 Å². The van der Waals surface area contributed by atoms with E-state index < -0.39 is 6.04 Å². The van der Waals surface area contributed by atoms with Gasteiger partial charge in [-0.2, -0.15) is 0 Å². The van der Waals surface area contributed by atoms with Crippen LogP contribution in [-0.2, 0) is 9.59 Å². The van der Waals surface area contributed by atoms with Gasteiger partial charge in [-0.15, -0.1) is 0 Å². The summed E-state index contributed by atoms with van der Waals surface area (Å²) in [6, 6.07) is 7.63. The summed E-state index contributed by atoms with van der Waals surface area (Å²) in [4.78, 5) is 27.6. The highest BCUT2D eigenvalue weighted by atomic mass is 35.5. The minimum atomic E-state index is -0.651. The average molecular weight is 377 g/mol. The molecule has 0 saturated heterocycles. The summed E-state index contributed by atoms with van der Waals surface area (Å²) < 4.78 is 5.64. The fourth-order valence-corrected chi connectivity index (χ4v) is 2.21. The van der Waals surface area contributed by atoms with Crippen molar-refractivity contribution in [1.82, 2.24) is 10.3 Å². The van der Waals surface area contributed by atoms with Gasteiger partial charge >= 0.3 is 0 Å². The number of pyridine rings is 1. The molecular formula is C18H21ClN4O3. The van der Waals surface area contributed by atoms with Crippen LogP contribution in [0.1, 0.15) is 13.8 Å². The Hall–Kier alpha value is -2.64. The zero-order valence-electron chi connectivity index (χ0n) is 14.5. The number of aromatic nitrogens is 1. The Morgan fingerprint density at radius 1 is 1.23 bits per heavy atom. The van der Waals surface area contributed by atoms with Crippen molar-refractivity contribution in [2.24, 2.45) is 11.7 Å². The Balaban J connectivity index is 1.90. The van der Waals surface area contributed by atoms with Crippen LogP contribution in [0.2, 0.25) is 5.02 Å². The van der Waals surface area contributed by atoms with Gasteiger partial charge in [0, 0.05) is 18.1 Å². The van der Waals surface area contributed by atoms with Crippen molar-refractivity contribution in [1.29, 1.82) is 0 Å². The largest absolute Gasteiger partial charge is 0.456 e. The summed E-state index contributed by atoms with van der Waals surface area (Å²) >= 11 is 6.19. The second kappa shape index (κ2) is 9.17. The van der Waals surface area contributed by atoms with Crippen LogP contribution in [0.15, 0.2) is 42.7 Å². The van der Waals surface area contributed by atoms with Crippen molar-refractivity contribution in [3.05, 3.63) is 47.7 Å². The molecule has 0 spiro atoms. The number of carbonyl (C=O) groups is 2. The zero-order chi connectivity index (χ0) is 19.1. The molecule has 2 amide bonds. The molecule has 1 atom stereocenters. The Morgan fingerprint density at radius 3 is 2.54 bits per heavy atom. The number of benzene rings is 1. The van der Waals surface area contributed by atoms with E-state index in [1.54, 1.807) is 42.7 Å². The minimum absolute atomic E-state index is 0.00944. The molecule has 26 heavy (non-hydrogen) atoms. The number of nitrogens with zero attached hydrogens (tertiary/aromatic N) is 1. The number of amides is 2. The van der Waals surface area contributed by atoms with Gasteiger partial charge in [0.2, 0.25) is 11.8 Å². The van der Waals surface area contributed by atoms with Crippen molar-refractivity contribution in [3.8, 4) is 11.5 Å². The molecule has 2 aromatic rings. The maximum atomic E-state index is 11.9. The molecule has 0 aliphatic heterocycles. The molecule has 0 radical (unpaired) electrons. The number of carbonyl (C=O) groups excluding carboxylic acids is 2. The molecule has 2 rings (SSSR count). The number of halogens is 1. The van der Waals surface area contributed by atoms with Gasteiger partial charge in [-0.3, -0.25) is 14.6 Å². The van der Waals surface area contributed by atoms with E-state index in [4.69, 9.17) is 22.1 Å². The highest BCUT2D eigenvalue weighted by Crippen LogP contribution is 2.31. The molecule has 4 N–H and O–H groups in total. The van der Waals surface area contributed by atoms with E-state index >= 15 is 0 Å². The van der Waals surface area contributed by atoms with Gasteiger partial charge < -0.3 is 21.1 Å². The Bertz CT molecular complexity index is 768. The van der Waals surface area contributed by atoms with Crippen molar-refractivity contribution in [2.75, 3.05) is 11.9 Å². The SMILES string of the molecule is CC(C)[C@H](N)C(=O)NCC(=O)Nc1ccc(Oc2ccncc2)c(Cl)c1. The Kier molecular flexibility index (Phi) is 6.94. The summed E-state index contributed by atoms with van der Waals surface area (Å²) in [5.41, 5.74) is 6.21. The van der Waals surface area contributed by atoms with Crippen molar-refractivity contribution >= 4 is 29.1 Å². The van der Waals surface area contributed by atoms with E-state index in [2.05, 4.69) is 15.6 Å². The van der Waals surface area contributed by atoms with Crippen LogP contribution in [0.3, 0.4) is 0 Å². The van der Waals surface area contributed by atoms with Crippen molar-refractivity contribution in [2.45, 2.75) is 19.9 Å². The second-order valence-corrected chi connectivity index (χ2v) is 6.37. The van der Waals surface area contributed by atoms with E-state index in [0.717, 1.165) is 0 Å². The highest BCUT2D eigenvalue weighted by Gasteiger charge is 2.17. The van der Waals surface area contributed by atoms with Gasteiger partial charge in [0.15, 0.2) is 0 Å². The number of rotatable bonds is 7. The molecule has 0 unspecified atom stereocenters. The maximum absolute atomic E-state index is 11.9. The van der Waals surface area contributed by atoms with Gasteiger partial charge in [-0.05, 0) is 36.2 Å². The first kappa shape index (κ1) is 19.7. The molecular weight excluding hydrogens is 356 g/mol. The minimum Gasteiger partial charge on any atom is -0.456 e. The average Bonchev–Trinajstić information content (AvgIpc) is 2.62. The first-order chi connectivity index (χ1) is 12.4. The van der Waals surface area contributed by atoms with Gasteiger partial charge in [0.1, 0.15) is 11.5 Å². The fourth-order valence-electron chi connectivity index (χ4n) is 1.99. The first-order valence-electron chi connectivity index (χ1n) is 8.07. The van der Waals surface area contributed by atoms with Crippen molar-refractivity contribution in [3.63, 3.8) is 0 Å². The third-order valence-electron chi connectivity index (χ3n) is 3.54. The smallest absolute Gasteiger partial charge is 0.243 e. The Labute approximate surface area is 156 Å². The monoisotopic (exact) mass is 376 g/mol. The lowest BCUT2D eigenvalue weighted by atomic mass is 10.1. The van der Waals surface area contributed by atoms with Crippen LogP contribution in [0.4, 0.5) is 5.69 Å². The molecule has 0 aliphatic carbocycles. The van der Waals surface area contributed by atoms with Crippen LogP contribution < -0.4 is 21.1 Å². The normalized spacial score (nSPS) is 11.7. The third-order valence-corrected chi connectivity index (χ3v) is 3.83. The predicted octanol–water partition coefficient (Wildman–Crippen LogP) is 2.57. The lowest BCUT2D eigenvalue weighted by Gasteiger charge is -2.15. The number of hydrogen-bond acceptors (Lipinski definition) is 5. The maximum Gasteiger partial charge on any atom is 0.243 e.